The summed E-state index contributed by atoms with van der Waals surface area (Å²) in [6, 6.07) is 13.9. The van der Waals surface area contributed by atoms with Gasteiger partial charge in [0, 0.05) is 12.6 Å². The minimum Gasteiger partial charge on any atom is -0.497 e. The summed E-state index contributed by atoms with van der Waals surface area (Å²) in [6.45, 7) is 1.81. The number of nitrogens with zero attached hydrogens (tertiary/aromatic N) is 2. The van der Waals surface area contributed by atoms with Crippen LogP contribution in [0, 0.1) is 17.0 Å². The van der Waals surface area contributed by atoms with Crippen LogP contribution in [-0.4, -0.2) is 27.5 Å². The van der Waals surface area contributed by atoms with Gasteiger partial charge in [0.1, 0.15) is 16.4 Å². The molecule has 0 unspecified atom stereocenters. The highest BCUT2D eigenvalue weighted by molar-refractivity contribution is 7.92. The van der Waals surface area contributed by atoms with E-state index in [1.807, 2.05) is 6.92 Å². The number of nitro groups is 1. The van der Waals surface area contributed by atoms with Gasteiger partial charge in [0.25, 0.3) is 10.0 Å². The Morgan fingerprint density at radius 3 is 2.32 bits per heavy atom. The predicted molar refractivity (Wildman–Crippen MR) is 104 cm³/mol. The second-order valence-corrected chi connectivity index (χ2v) is 8.01. The first-order valence-electron chi connectivity index (χ1n) is 8.22. The van der Waals surface area contributed by atoms with Gasteiger partial charge in [-0.05, 0) is 55.0 Å². The lowest BCUT2D eigenvalue weighted by Crippen LogP contribution is -2.26. The van der Waals surface area contributed by atoms with Crippen molar-refractivity contribution in [2.45, 2.75) is 11.8 Å². The van der Waals surface area contributed by atoms with Crippen molar-refractivity contribution in [3.63, 3.8) is 0 Å². The van der Waals surface area contributed by atoms with Crippen LogP contribution in [0.25, 0.3) is 11.3 Å². The zero-order chi connectivity index (χ0) is 20.5. The molecule has 0 spiro atoms. The van der Waals surface area contributed by atoms with Gasteiger partial charge in [-0.3, -0.25) is 14.4 Å². The molecule has 0 N–H and O–H groups in total. The van der Waals surface area contributed by atoms with Crippen LogP contribution in [0.15, 0.2) is 63.9 Å². The van der Waals surface area contributed by atoms with Crippen LogP contribution in [0.3, 0.4) is 0 Å². The van der Waals surface area contributed by atoms with Crippen LogP contribution in [0.2, 0.25) is 0 Å². The van der Waals surface area contributed by atoms with Gasteiger partial charge in [-0.15, -0.1) is 0 Å². The molecule has 9 heteroatoms. The van der Waals surface area contributed by atoms with E-state index in [1.54, 1.807) is 30.3 Å². The topological polar surface area (TPSA) is 103 Å². The molecule has 1 aromatic heterocycles. The zero-order valence-electron chi connectivity index (χ0n) is 15.4. The zero-order valence-corrected chi connectivity index (χ0v) is 16.3. The van der Waals surface area contributed by atoms with Gasteiger partial charge in [-0.1, -0.05) is 6.07 Å². The van der Waals surface area contributed by atoms with Crippen LogP contribution in [-0.2, 0) is 10.0 Å². The van der Waals surface area contributed by atoms with Gasteiger partial charge in [0.15, 0.2) is 0 Å². The third-order valence-corrected chi connectivity index (χ3v) is 6.14. The number of anilines is 1. The number of ether oxygens (including phenoxy) is 1. The van der Waals surface area contributed by atoms with E-state index in [4.69, 9.17) is 9.15 Å². The first-order chi connectivity index (χ1) is 13.2. The summed E-state index contributed by atoms with van der Waals surface area (Å²) in [5.41, 5.74) is 1.76. The molecule has 0 bridgehead atoms. The second kappa shape index (κ2) is 7.35. The van der Waals surface area contributed by atoms with Gasteiger partial charge in [0.05, 0.1) is 23.8 Å². The Hall–Kier alpha value is -3.33. The summed E-state index contributed by atoms with van der Waals surface area (Å²) >= 11 is 0. The molecule has 3 rings (SSSR count). The van der Waals surface area contributed by atoms with Gasteiger partial charge >= 0.3 is 5.88 Å². The maximum Gasteiger partial charge on any atom is 0.433 e. The van der Waals surface area contributed by atoms with E-state index in [2.05, 4.69) is 0 Å². The van der Waals surface area contributed by atoms with Gasteiger partial charge in [-0.25, -0.2) is 8.42 Å². The van der Waals surface area contributed by atoms with Gasteiger partial charge in [0.2, 0.25) is 0 Å². The summed E-state index contributed by atoms with van der Waals surface area (Å²) in [6.07, 6.45) is 0. The van der Waals surface area contributed by atoms with Crippen LogP contribution >= 0.6 is 0 Å². The lowest BCUT2D eigenvalue weighted by atomic mass is 10.1. The summed E-state index contributed by atoms with van der Waals surface area (Å²) in [4.78, 5) is 10.4. The molecule has 0 saturated heterocycles. The van der Waals surface area contributed by atoms with E-state index in [0.29, 0.717) is 22.8 Å². The molecule has 0 amide bonds. The fourth-order valence-corrected chi connectivity index (χ4v) is 3.87. The molecule has 0 aliphatic rings. The fraction of sp³-hybridized carbons (Fsp3) is 0.158. The number of hydrogen-bond donors (Lipinski definition) is 0. The number of aryl methyl sites for hydroxylation is 1. The molecule has 2 aromatic carbocycles. The van der Waals surface area contributed by atoms with E-state index in [-0.39, 0.29) is 10.8 Å². The average molecular weight is 402 g/mol. The Labute approximate surface area is 162 Å². The van der Waals surface area contributed by atoms with Crippen LogP contribution in [0.1, 0.15) is 5.56 Å². The highest BCUT2D eigenvalue weighted by atomic mass is 32.2. The molecule has 1 heterocycles. The lowest BCUT2D eigenvalue weighted by Gasteiger charge is -2.20. The summed E-state index contributed by atoms with van der Waals surface area (Å²) < 4.78 is 37.3. The number of sulfonamides is 1. The van der Waals surface area contributed by atoms with E-state index >= 15 is 0 Å². The molecule has 0 saturated carbocycles. The minimum atomic E-state index is -3.80. The van der Waals surface area contributed by atoms with E-state index in [0.717, 1.165) is 9.87 Å². The monoisotopic (exact) mass is 402 g/mol. The number of furan rings is 1. The average Bonchev–Trinajstić information content (AvgIpc) is 3.18. The normalized spacial score (nSPS) is 11.2. The smallest absolute Gasteiger partial charge is 0.433 e. The summed E-state index contributed by atoms with van der Waals surface area (Å²) in [5.74, 6) is 0.471. The third kappa shape index (κ3) is 3.56. The fourth-order valence-electron chi connectivity index (χ4n) is 2.69. The quantitative estimate of drug-likeness (QED) is 0.456. The molecular formula is C19H18N2O6S. The van der Waals surface area contributed by atoms with Crippen LogP contribution in [0.5, 0.6) is 5.75 Å². The van der Waals surface area contributed by atoms with Crippen molar-refractivity contribution < 1.29 is 22.5 Å². The molecule has 146 valence electrons. The van der Waals surface area contributed by atoms with Crippen molar-refractivity contribution in [2.24, 2.45) is 0 Å². The number of benzene rings is 2. The molecule has 0 aliphatic carbocycles. The first kappa shape index (κ1) is 19.4. The number of hydrogen-bond acceptors (Lipinski definition) is 6. The Balaban J connectivity index is 1.99. The first-order valence-corrected chi connectivity index (χ1v) is 9.66. The molecule has 0 radical (unpaired) electrons. The van der Waals surface area contributed by atoms with Crippen molar-refractivity contribution in [3.8, 4) is 17.1 Å². The molecule has 28 heavy (non-hydrogen) atoms. The van der Waals surface area contributed by atoms with Gasteiger partial charge < -0.3 is 9.15 Å². The SMILES string of the molecule is COc1ccc(S(=O)(=O)N(C)c2ccc(C)c(-c3ccc([N+](=O)[O-])o3)c2)cc1. The molecule has 8 nitrogen and oxygen atoms in total. The maximum absolute atomic E-state index is 12.9. The molecule has 0 fully saturated rings. The van der Waals surface area contributed by atoms with E-state index < -0.39 is 14.9 Å². The number of rotatable bonds is 6. The third-order valence-electron chi connectivity index (χ3n) is 4.34. The summed E-state index contributed by atoms with van der Waals surface area (Å²) in [7, 11) is -0.853. The Bertz CT molecular complexity index is 1120. The van der Waals surface area contributed by atoms with Crippen molar-refractivity contribution >= 4 is 21.6 Å². The maximum atomic E-state index is 12.9. The molecule has 0 atom stereocenters. The van der Waals surface area contributed by atoms with Crippen LogP contribution < -0.4 is 9.04 Å². The number of methoxy groups -OCH3 is 1. The minimum absolute atomic E-state index is 0.117. The predicted octanol–water partition coefficient (Wildman–Crippen LogP) is 4.00. The molecule has 3 aromatic rings. The van der Waals surface area contributed by atoms with Crippen molar-refractivity contribution in [1.82, 2.24) is 0 Å². The van der Waals surface area contributed by atoms with Crippen molar-refractivity contribution in [2.75, 3.05) is 18.5 Å². The second-order valence-electron chi connectivity index (χ2n) is 6.04. The molecule has 0 aliphatic heterocycles. The highest BCUT2D eigenvalue weighted by Crippen LogP contribution is 2.33. The lowest BCUT2D eigenvalue weighted by molar-refractivity contribution is -0.401. The highest BCUT2D eigenvalue weighted by Gasteiger charge is 2.23. The Kier molecular flexibility index (Phi) is 5.10. The Morgan fingerprint density at radius 2 is 1.75 bits per heavy atom. The van der Waals surface area contributed by atoms with Gasteiger partial charge in [-0.2, -0.15) is 0 Å². The van der Waals surface area contributed by atoms with E-state index in [1.165, 1.54) is 38.4 Å². The standard InChI is InChI=1S/C19H18N2O6S/c1-13-4-5-14(12-17(13)18-10-11-19(27-18)21(22)23)20(2)28(24,25)16-8-6-15(26-3)7-9-16/h4-12H,1-3H3. The Morgan fingerprint density at radius 1 is 1.07 bits per heavy atom. The molecular weight excluding hydrogens is 384 g/mol. The summed E-state index contributed by atoms with van der Waals surface area (Å²) in [5, 5.41) is 10.9. The van der Waals surface area contributed by atoms with Crippen molar-refractivity contribution in [3.05, 3.63) is 70.3 Å². The largest absolute Gasteiger partial charge is 0.497 e. The van der Waals surface area contributed by atoms with Crippen molar-refractivity contribution in [1.29, 1.82) is 0 Å². The van der Waals surface area contributed by atoms with Crippen LogP contribution in [0.4, 0.5) is 11.6 Å². The van der Waals surface area contributed by atoms with E-state index in [9.17, 15) is 18.5 Å².